The molecule has 11 heavy (non-hydrogen) atoms. The summed E-state index contributed by atoms with van der Waals surface area (Å²) >= 11 is 0. The molecule has 2 heteroatoms. The van der Waals surface area contributed by atoms with Gasteiger partial charge in [0.05, 0.1) is 0 Å². The molecule has 0 bridgehead atoms. The Bertz CT molecular complexity index is 83.6. The molecule has 1 atom stereocenters. The van der Waals surface area contributed by atoms with Crippen molar-refractivity contribution in [2.75, 3.05) is 13.7 Å². The third kappa shape index (κ3) is 7.82. The van der Waals surface area contributed by atoms with Crippen molar-refractivity contribution in [3.05, 3.63) is 0 Å². The van der Waals surface area contributed by atoms with Gasteiger partial charge >= 0.3 is 0 Å². The Hall–Kier alpha value is -0.0800. The summed E-state index contributed by atoms with van der Waals surface area (Å²) in [5.41, 5.74) is 5.83. The van der Waals surface area contributed by atoms with Gasteiger partial charge in [-0.2, -0.15) is 0 Å². The quantitative estimate of drug-likeness (QED) is 0.641. The second-order valence-electron chi connectivity index (χ2n) is 3.51. The van der Waals surface area contributed by atoms with Gasteiger partial charge in [-0.3, -0.25) is 0 Å². The first kappa shape index (κ1) is 10.9. The molecule has 2 N–H and O–H groups in total. The van der Waals surface area contributed by atoms with Crippen molar-refractivity contribution in [2.24, 2.45) is 11.7 Å². The summed E-state index contributed by atoms with van der Waals surface area (Å²) in [6.45, 7) is 5.24. The Labute approximate surface area is 70.1 Å². The molecule has 0 saturated heterocycles. The molecule has 1 unspecified atom stereocenters. The number of rotatable bonds is 6. The van der Waals surface area contributed by atoms with E-state index in [1.165, 1.54) is 6.42 Å². The Morgan fingerprint density at radius 2 is 1.82 bits per heavy atom. The van der Waals surface area contributed by atoms with Gasteiger partial charge in [0.2, 0.25) is 0 Å². The van der Waals surface area contributed by atoms with Gasteiger partial charge in [0, 0.05) is 19.8 Å². The molecule has 0 saturated carbocycles. The molecule has 0 heterocycles. The molecule has 0 aromatic rings. The fourth-order valence-electron chi connectivity index (χ4n) is 0.961. The van der Waals surface area contributed by atoms with Crippen molar-refractivity contribution in [3.63, 3.8) is 0 Å². The normalized spacial score (nSPS) is 13.9. The van der Waals surface area contributed by atoms with E-state index in [2.05, 4.69) is 13.8 Å². The second kappa shape index (κ2) is 6.62. The van der Waals surface area contributed by atoms with Crippen LogP contribution in [0.4, 0.5) is 0 Å². The number of hydrogen-bond acceptors (Lipinski definition) is 2. The number of nitrogens with two attached hydrogens (primary N) is 1. The predicted molar refractivity (Wildman–Crippen MR) is 48.5 cm³/mol. The second-order valence-corrected chi connectivity index (χ2v) is 3.51. The molecule has 0 spiro atoms. The first-order valence-electron chi connectivity index (χ1n) is 4.41. The molecule has 0 aliphatic rings. The molecule has 0 amide bonds. The van der Waals surface area contributed by atoms with Gasteiger partial charge in [0.1, 0.15) is 0 Å². The van der Waals surface area contributed by atoms with E-state index < -0.39 is 0 Å². The monoisotopic (exact) mass is 159 g/mol. The van der Waals surface area contributed by atoms with E-state index in [1.807, 2.05) is 0 Å². The zero-order valence-corrected chi connectivity index (χ0v) is 7.97. The lowest BCUT2D eigenvalue weighted by Crippen LogP contribution is -2.22. The molecule has 2 nitrogen and oxygen atoms in total. The summed E-state index contributed by atoms with van der Waals surface area (Å²) in [5.74, 6) is 0.767. The molecule has 0 rings (SSSR count). The Kier molecular flexibility index (Phi) is 6.57. The van der Waals surface area contributed by atoms with Crippen molar-refractivity contribution in [3.8, 4) is 0 Å². The van der Waals surface area contributed by atoms with Crippen LogP contribution in [-0.2, 0) is 4.74 Å². The summed E-state index contributed by atoms with van der Waals surface area (Å²) in [6, 6.07) is 0.331. The summed E-state index contributed by atoms with van der Waals surface area (Å²) < 4.78 is 4.94. The van der Waals surface area contributed by atoms with E-state index in [-0.39, 0.29) is 0 Å². The van der Waals surface area contributed by atoms with Gasteiger partial charge in [-0.25, -0.2) is 0 Å². The SMILES string of the molecule is COCCC(N)CCC(C)C. The zero-order valence-electron chi connectivity index (χ0n) is 7.97. The number of ether oxygens (including phenoxy) is 1. The average molecular weight is 159 g/mol. The highest BCUT2D eigenvalue weighted by Crippen LogP contribution is 2.07. The van der Waals surface area contributed by atoms with E-state index in [1.54, 1.807) is 7.11 Å². The van der Waals surface area contributed by atoms with Gasteiger partial charge in [0.15, 0.2) is 0 Å². The Morgan fingerprint density at radius 1 is 1.18 bits per heavy atom. The highest BCUT2D eigenvalue weighted by Gasteiger charge is 2.02. The van der Waals surface area contributed by atoms with Crippen molar-refractivity contribution >= 4 is 0 Å². The number of methoxy groups -OCH3 is 1. The fraction of sp³-hybridized carbons (Fsp3) is 1.00. The van der Waals surface area contributed by atoms with Crippen LogP contribution in [-0.4, -0.2) is 19.8 Å². The van der Waals surface area contributed by atoms with Crippen molar-refractivity contribution in [1.82, 2.24) is 0 Å². The van der Waals surface area contributed by atoms with Crippen LogP contribution in [0.1, 0.15) is 33.1 Å². The molecule has 0 aliphatic heterocycles. The summed E-state index contributed by atoms with van der Waals surface area (Å²) in [4.78, 5) is 0. The van der Waals surface area contributed by atoms with Gasteiger partial charge < -0.3 is 10.5 Å². The zero-order chi connectivity index (χ0) is 8.69. The van der Waals surface area contributed by atoms with Crippen LogP contribution in [0.5, 0.6) is 0 Å². The minimum Gasteiger partial charge on any atom is -0.385 e. The molecule has 0 fully saturated rings. The van der Waals surface area contributed by atoms with Crippen molar-refractivity contribution in [2.45, 2.75) is 39.2 Å². The first-order valence-corrected chi connectivity index (χ1v) is 4.41. The lowest BCUT2D eigenvalue weighted by atomic mass is 10.0. The van der Waals surface area contributed by atoms with Crippen LogP contribution < -0.4 is 5.73 Å². The van der Waals surface area contributed by atoms with Crippen molar-refractivity contribution < 1.29 is 4.74 Å². The minimum absolute atomic E-state index is 0.331. The molecular formula is C9H21NO. The maximum Gasteiger partial charge on any atom is 0.0477 e. The third-order valence-corrected chi connectivity index (χ3v) is 1.81. The van der Waals surface area contributed by atoms with E-state index in [9.17, 15) is 0 Å². The van der Waals surface area contributed by atoms with E-state index >= 15 is 0 Å². The average Bonchev–Trinajstić information content (AvgIpc) is 1.97. The van der Waals surface area contributed by atoms with Gasteiger partial charge in [-0.05, 0) is 25.2 Å². The minimum atomic E-state index is 0.331. The maximum absolute atomic E-state index is 5.83. The van der Waals surface area contributed by atoms with Gasteiger partial charge in [-0.15, -0.1) is 0 Å². The molecule has 0 aromatic carbocycles. The fourth-order valence-corrected chi connectivity index (χ4v) is 0.961. The largest absolute Gasteiger partial charge is 0.385 e. The standard InChI is InChI=1S/C9H21NO/c1-8(2)4-5-9(10)6-7-11-3/h8-9H,4-7,10H2,1-3H3. The van der Waals surface area contributed by atoms with Crippen LogP contribution in [0.2, 0.25) is 0 Å². The maximum atomic E-state index is 5.83. The Morgan fingerprint density at radius 3 is 2.27 bits per heavy atom. The van der Waals surface area contributed by atoms with Crippen LogP contribution in [0.15, 0.2) is 0 Å². The predicted octanol–water partition coefficient (Wildman–Crippen LogP) is 1.79. The highest BCUT2D eigenvalue weighted by atomic mass is 16.5. The topological polar surface area (TPSA) is 35.2 Å². The highest BCUT2D eigenvalue weighted by molar-refractivity contribution is 4.61. The molecule has 68 valence electrons. The molecular weight excluding hydrogens is 138 g/mol. The van der Waals surface area contributed by atoms with Crippen LogP contribution in [0.25, 0.3) is 0 Å². The van der Waals surface area contributed by atoms with E-state index in [4.69, 9.17) is 10.5 Å². The van der Waals surface area contributed by atoms with E-state index in [0.29, 0.717) is 6.04 Å². The van der Waals surface area contributed by atoms with Gasteiger partial charge in [0.25, 0.3) is 0 Å². The van der Waals surface area contributed by atoms with Crippen LogP contribution in [0.3, 0.4) is 0 Å². The van der Waals surface area contributed by atoms with Crippen LogP contribution in [0, 0.1) is 5.92 Å². The van der Waals surface area contributed by atoms with Crippen LogP contribution >= 0.6 is 0 Å². The smallest absolute Gasteiger partial charge is 0.0477 e. The summed E-state index contributed by atoms with van der Waals surface area (Å²) in [7, 11) is 1.72. The lowest BCUT2D eigenvalue weighted by Gasteiger charge is -2.11. The lowest BCUT2D eigenvalue weighted by molar-refractivity contribution is 0.185. The number of hydrogen-bond donors (Lipinski definition) is 1. The first-order chi connectivity index (χ1) is 5.16. The molecule has 0 radical (unpaired) electrons. The molecule has 0 aromatic heterocycles. The summed E-state index contributed by atoms with van der Waals surface area (Å²) in [5, 5.41) is 0. The summed E-state index contributed by atoms with van der Waals surface area (Å²) in [6.07, 6.45) is 3.34. The molecule has 0 aliphatic carbocycles. The van der Waals surface area contributed by atoms with Crippen molar-refractivity contribution in [1.29, 1.82) is 0 Å². The third-order valence-electron chi connectivity index (χ3n) is 1.81. The van der Waals surface area contributed by atoms with E-state index in [0.717, 1.165) is 25.4 Å². The van der Waals surface area contributed by atoms with Gasteiger partial charge in [-0.1, -0.05) is 13.8 Å². The Balaban J connectivity index is 3.15.